The normalized spacial score (nSPS) is 22.8. The van der Waals surface area contributed by atoms with Crippen molar-refractivity contribution in [2.45, 2.75) is 57.9 Å². The maximum atomic E-state index is 13.1. The van der Waals surface area contributed by atoms with Gasteiger partial charge in [0.1, 0.15) is 5.82 Å². The summed E-state index contributed by atoms with van der Waals surface area (Å²) in [6.45, 7) is 5.84. The van der Waals surface area contributed by atoms with Crippen LogP contribution >= 0.6 is 0 Å². The van der Waals surface area contributed by atoms with Crippen molar-refractivity contribution >= 4 is 11.9 Å². The van der Waals surface area contributed by atoms with Gasteiger partial charge in [-0.05, 0) is 82.7 Å². The summed E-state index contributed by atoms with van der Waals surface area (Å²) in [5.41, 5.74) is 0.0182. The summed E-state index contributed by atoms with van der Waals surface area (Å²) in [5.74, 6) is -0.672. The van der Waals surface area contributed by atoms with E-state index in [0.29, 0.717) is 18.8 Å². The fourth-order valence-electron chi connectivity index (χ4n) is 4.66. The highest BCUT2D eigenvalue weighted by molar-refractivity contribution is 6.00. The minimum atomic E-state index is -1.16. The first-order valence-electron chi connectivity index (χ1n) is 10.3. The van der Waals surface area contributed by atoms with E-state index in [-0.39, 0.29) is 25.1 Å². The number of hydrogen-bond acceptors (Lipinski definition) is 5. The molecule has 0 unspecified atom stereocenters. The van der Waals surface area contributed by atoms with Crippen LogP contribution in [0.2, 0.25) is 0 Å². The first-order valence-corrected chi connectivity index (χ1v) is 10.3. The third kappa shape index (κ3) is 4.22. The lowest BCUT2D eigenvalue weighted by Crippen LogP contribution is -2.44. The molecule has 1 aliphatic heterocycles. The predicted molar refractivity (Wildman–Crippen MR) is 103 cm³/mol. The molecule has 6 heteroatoms. The smallest absolute Gasteiger partial charge is 0.323 e. The molecule has 154 valence electrons. The molecule has 0 N–H and O–H groups in total. The summed E-state index contributed by atoms with van der Waals surface area (Å²) < 4.78 is 23.6. The van der Waals surface area contributed by atoms with Crippen molar-refractivity contribution < 1.29 is 23.5 Å². The van der Waals surface area contributed by atoms with Gasteiger partial charge in [0.25, 0.3) is 0 Å². The average molecular weight is 391 g/mol. The quantitative estimate of drug-likeness (QED) is 0.547. The predicted octanol–water partition coefficient (Wildman–Crippen LogP) is 3.67. The minimum absolute atomic E-state index is 0.183. The van der Waals surface area contributed by atoms with E-state index in [1.54, 1.807) is 13.8 Å². The molecule has 0 amide bonds. The molecule has 1 heterocycles. The molecule has 1 saturated heterocycles. The number of benzene rings is 1. The molecule has 1 aromatic rings. The van der Waals surface area contributed by atoms with E-state index in [0.717, 1.165) is 32.4 Å². The van der Waals surface area contributed by atoms with Gasteiger partial charge in [0.05, 0.1) is 13.2 Å². The molecular formula is C22H30FNO4. The van der Waals surface area contributed by atoms with E-state index in [1.165, 1.54) is 17.7 Å². The summed E-state index contributed by atoms with van der Waals surface area (Å²) >= 11 is 0. The lowest BCUT2D eigenvalue weighted by Gasteiger charge is -2.36. The summed E-state index contributed by atoms with van der Waals surface area (Å²) in [4.78, 5) is 27.6. The van der Waals surface area contributed by atoms with Gasteiger partial charge in [-0.2, -0.15) is 0 Å². The minimum Gasteiger partial charge on any atom is -0.465 e. The Balaban J connectivity index is 1.63. The Hall–Kier alpha value is -1.95. The van der Waals surface area contributed by atoms with Crippen LogP contribution in [0.25, 0.3) is 0 Å². The topological polar surface area (TPSA) is 55.8 Å². The van der Waals surface area contributed by atoms with Crippen LogP contribution in [0.3, 0.4) is 0 Å². The Bertz CT molecular complexity index is 664. The molecule has 2 aliphatic rings. The monoisotopic (exact) mass is 391 g/mol. The zero-order valence-electron chi connectivity index (χ0n) is 16.8. The zero-order valence-corrected chi connectivity index (χ0v) is 16.8. The van der Waals surface area contributed by atoms with E-state index in [1.807, 2.05) is 12.1 Å². The van der Waals surface area contributed by atoms with Crippen LogP contribution in [0.5, 0.6) is 0 Å². The van der Waals surface area contributed by atoms with Gasteiger partial charge in [-0.25, -0.2) is 4.39 Å². The van der Waals surface area contributed by atoms with E-state index >= 15 is 0 Å². The highest BCUT2D eigenvalue weighted by Gasteiger charge is 2.55. The average Bonchev–Trinajstić information content (AvgIpc) is 3.16. The van der Waals surface area contributed by atoms with Crippen molar-refractivity contribution in [2.75, 3.05) is 26.3 Å². The molecule has 0 aromatic heterocycles. The number of esters is 2. The molecule has 0 radical (unpaired) electrons. The summed E-state index contributed by atoms with van der Waals surface area (Å²) in [7, 11) is 0. The summed E-state index contributed by atoms with van der Waals surface area (Å²) in [6, 6.07) is 6.97. The Morgan fingerprint density at radius 2 is 1.61 bits per heavy atom. The van der Waals surface area contributed by atoms with E-state index in [9.17, 15) is 14.0 Å². The van der Waals surface area contributed by atoms with Crippen molar-refractivity contribution in [2.24, 2.45) is 5.41 Å². The molecule has 1 saturated carbocycles. The fraction of sp³-hybridized carbons (Fsp3) is 0.636. The van der Waals surface area contributed by atoms with Crippen molar-refractivity contribution in [3.05, 3.63) is 35.6 Å². The molecule has 1 aromatic carbocycles. The van der Waals surface area contributed by atoms with Crippen LogP contribution in [0, 0.1) is 11.2 Å². The van der Waals surface area contributed by atoms with Gasteiger partial charge in [-0.3, -0.25) is 9.59 Å². The van der Waals surface area contributed by atoms with E-state index < -0.39 is 17.4 Å². The molecule has 3 rings (SSSR count). The maximum Gasteiger partial charge on any atom is 0.323 e. The van der Waals surface area contributed by atoms with Crippen molar-refractivity contribution in [3.63, 3.8) is 0 Å². The van der Waals surface area contributed by atoms with Gasteiger partial charge in [-0.15, -0.1) is 0 Å². The second-order valence-corrected chi connectivity index (χ2v) is 7.78. The lowest BCUT2D eigenvalue weighted by atomic mass is 9.85. The molecule has 2 fully saturated rings. The summed E-state index contributed by atoms with van der Waals surface area (Å²) in [6.07, 6.45) is 3.72. The van der Waals surface area contributed by atoms with Gasteiger partial charge < -0.3 is 14.4 Å². The Morgan fingerprint density at radius 1 is 1.04 bits per heavy atom. The Labute approximate surface area is 166 Å². The Morgan fingerprint density at radius 3 is 2.14 bits per heavy atom. The van der Waals surface area contributed by atoms with Crippen LogP contribution in [0.15, 0.2) is 24.3 Å². The maximum absolute atomic E-state index is 13.1. The van der Waals surface area contributed by atoms with Crippen LogP contribution in [-0.4, -0.2) is 49.2 Å². The highest BCUT2D eigenvalue weighted by Crippen LogP contribution is 2.44. The van der Waals surface area contributed by atoms with Crippen molar-refractivity contribution in [1.29, 1.82) is 0 Å². The number of rotatable bonds is 6. The fourth-order valence-corrected chi connectivity index (χ4v) is 4.66. The van der Waals surface area contributed by atoms with Crippen LogP contribution in [-0.2, 0) is 19.1 Å². The first-order chi connectivity index (χ1) is 13.5. The number of ether oxygens (including phenoxy) is 2. The number of carbonyl (C=O) groups excluding carboxylic acids is 2. The third-order valence-corrected chi connectivity index (χ3v) is 6.21. The zero-order chi connectivity index (χ0) is 20.1. The number of halogens is 1. The molecular weight excluding hydrogens is 361 g/mol. The Kier molecular flexibility index (Phi) is 6.70. The largest absolute Gasteiger partial charge is 0.465 e. The lowest BCUT2D eigenvalue weighted by molar-refractivity contribution is -0.172. The third-order valence-electron chi connectivity index (χ3n) is 6.21. The van der Waals surface area contributed by atoms with Gasteiger partial charge in [0.2, 0.25) is 0 Å². The van der Waals surface area contributed by atoms with Crippen molar-refractivity contribution in [1.82, 2.24) is 4.90 Å². The van der Waals surface area contributed by atoms with E-state index in [2.05, 4.69) is 4.90 Å². The van der Waals surface area contributed by atoms with Gasteiger partial charge in [0.15, 0.2) is 5.41 Å². The molecule has 28 heavy (non-hydrogen) atoms. The van der Waals surface area contributed by atoms with Crippen LogP contribution in [0.1, 0.15) is 57.4 Å². The van der Waals surface area contributed by atoms with Crippen molar-refractivity contribution in [3.8, 4) is 0 Å². The van der Waals surface area contributed by atoms with Gasteiger partial charge in [-0.1, -0.05) is 12.1 Å². The second kappa shape index (κ2) is 9.03. The van der Waals surface area contributed by atoms with E-state index in [4.69, 9.17) is 9.47 Å². The number of hydrogen-bond donors (Lipinski definition) is 0. The molecule has 1 aliphatic carbocycles. The molecule has 0 bridgehead atoms. The van der Waals surface area contributed by atoms with Gasteiger partial charge in [0, 0.05) is 6.04 Å². The number of likely N-dealkylation sites (tertiary alicyclic amines) is 1. The highest BCUT2D eigenvalue weighted by atomic mass is 19.1. The molecule has 1 atom stereocenters. The number of nitrogens with zero attached hydrogens (tertiary/aromatic N) is 1. The second-order valence-electron chi connectivity index (χ2n) is 7.78. The van der Waals surface area contributed by atoms with Gasteiger partial charge >= 0.3 is 11.9 Å². The standard InChI is InChI=1S/C22H30FNO4/c1-3-27-20(25)22(21(26)28-4-2)12-9-19(15-22)24-13-10-17(11-14-24)16-5-7-18(23)8-6-16/h5-8,17,19H,3-4,9-15H2,1-2H3/t19-/m1/s1. The molecule has 0 spiro atoms. The van der Waals surface area contributed by atoms with Crippen LogP contribution in [0.4, 0.5) is 4.39 Å². The number of carbonyl (C=O) groups is 2. The SMILES string of the molecule is CCOC(=O)C1(C(=O)OCC)CC[C@@H](N2CCC(c3ccc(F)cc3)CC2)C1. The summed E-state index contributed by atoms with van der Waals surface area (Å²) in [5, 5.41) is 0. The first kappa shape index (κ1) is 20.8. The number of piperidine rings is 1. The van der Waals surface area contributed by atoms with Crippen LogP contribution < -0.4 is 0 Å². The molecule has 5 nitrogen and oxygen atoms in total.